The van der Waals surface area contributed by atoms with Crippen molar-refractivity contribution in [3.63, 3.8) is 0 Å². The van der Waals surface area contributed by atoms with Crippen LogP contribution in [0.5, 0.6) is 0 Å². The van der Waals surface area contributed by atoms with E-state index in [1.165, 1.54) is 0 Å². The largest absolute Gasteiger partial charge is 0.412 e. The molecule has 0 aromatic carbocycles. The van der Waals surface area contributed by atoms with Crippen molar-refractivity contribution in [2.24, 2.45) is 5.73 Å². The van der Waals surface area contributed by atoms with E-state index in [9.17, 15) is 15.0 Å². The van der Waals surface area contributed by atoms with Crippen LogP contribution in [0.15, 0.2) is 0 Å². The number of hydrogen-bond acceptors (Lipinski definition) is 8. The Hall–Kier alpha value is -1.05. The molecule has 3 saturated heterocycles. The summed E-state index contributed by atoms with van der Waals surface area (Å²) in [7, 11) is 0. The monoisotopic (exact) mass is 307 g/mol. The average Bonchev–Trinajstić information content (AvgIpc) is 2.93. The molecule has 0 aliphatic carbocycles. The van der Waals surface area contributed by atoms with E-state index in [0.717, 1.165) is 0 Å². The van der Waals surface area contributed by atoms with E-state index in [1.54, 1.807) is 4.90 Å². The zero-order chi connectivity index (χ0) is 14.4. The molecule has 0 radical (unpaired) electrons. The molecule has 10 N–H and O–H groups in total. The fourth-order valence-electron chi connectivity index (χ4n) is 2.94. The second-order valence-corrected chi connectivity index (χ2v) is 5.22. The lowest BCUT2D eigenvalue weighted by molar-refractivity contribution is -0.107. The highest BCUT2D eigenvalue weighted by atomic mass is 16.6. The van der Waals surface area contributed by atoms with Gasteiger partial charge in [-0.15, -0.1) is 0 Å². The number of nitrogens with zero attached hydrogens (tertiary/aromatic N) is 1. The van der Waals surface area contributed by atoms with E-state index in [2.05, 4.69) is 16.0 Å². The molecule has 11 nitrogen and oxygen atoms in total. The molecule has 3 aliphatic heterocycles. The first-order valence-corrected chi connectivity index (χ1v) is 6.47. The molecule has 11 heteroatoms. The van der Waals surface area contributed by atoms with Crippen LogP contribution in [0.2, 0.25) is 0 Å². The van der Waals surface area contributed by atoms with Crippen LogP contribution in [0, 0.1) is 0 Å². The molecular weight excluding hydrogens is 286 g/mol. The maximum Gasteiger partial charge on any atom is 0.317 e. The quantitative estimate of drug-likeness (QED) is 0.264. The minimum absolute atomic E-state index is 0. The Balaban J connectivity index is 0.00000161. The van der Waals surface area contributed by atoms with Gasteiger partial charge in [-0.25, -0.2) is 9.69 Å². The van der Waals surface area contributed by atoms with Crippen LogP contribution in [0.4, 0.5) is 4.79 Å². The van der Waals surface area contributed by atoms with E-state index >= 15 is 0 Å². The summed E-state index contributed by atoms with van der Waals surface area (Å²) < 4.78 is 5.46. The van der Waals surface area contributed by atoms with Gasteiger partial charge in [-0.1, -0.05) is 0 Å². The smallest absolute Gasteiger partial charge is 0.317 e. The molecule has 3 fully saturated rings. The zero-order valence-electron chi connectivity index (χ0n) is 11.1. The minimum atomic E-state index is -1.17. The highest BCUT2D eigenvalue weighted by molar-refractivity contribution is 5.75. The van der Waals surface area contributed by atoms with Gasteiger partial charge in [0.05, 0.1) is 25.5 Å². The van der Waals surface area contributed by atoms with Crippen molar-refractivity contribution in [1.82, 2.24) is 20.9 Å². The Morgan fingerprint density at radius 3 is 2.67 bits per heavy atom. The molecule has 21 heavy (non-hydrogen) atoms. The van der Waals surface area contributed by atoms with Crippen LogP contribution in [0.3, 0.4) is 0 Å². The van der Waals surface area contributed by atoms with Crippen molar-refractivity contribution >= 4 is 6.03 Å². The summed E-state index contributed by atoms with van der Waals surface area (Å²) >= 11 is 0. The molecule has 3 rings (SSSR count). The van der Waals surface area contributed by atoms with Crippen molar-refractivity contribution in [3.05, 3.63) is 0 Å². The van der Waals surface area contributed by atoms with Crippen molar-refractivity contribution in [3.8, 4) is 0 Å². The maximum absolute atomic E-state index is 11.5. The van der Waals surface area contributed by atoms with Gasteiger partial charge in [0.2, 0.25) is 0 Å². The van der Waals surface area contributed by atoms with Gasteiger partial charge in [0, 0.05) is 0 Å². The second-order valence-electron chi connectivity index (χ2n) is 5.22. The standard InChI is InChI=1S/C10H19N5O5.H2O/c11-7-4-8(14-10(19)13-7)15(2-12-4)9-6(18)5(17)3(1-16)20-9;/h3-9,12,16-18H,1-2,11H2,(H2,13,14,19);1H2. The highest BCUT2D eigenvalue weighted by Gasteiger charge is 2.52. The summed E-state index contributed by atoms with van der Waals surface area (Å²) in [5.41, 5.74) is 5.83. The number of urea groups is 1. The SMILES string of the molecule is NC1NC(=O)NC2C1NCN2C1OC(CO)C(O)C1O.O. The predicted molar refractivity (Wildman–Crippen MR) is 68.4 cm³/mol. The number of aliphatic hydroxyl groups is 3. The van der Waals surface area contributed by atoms with E-state index in [1.807, 2.05) is 0 Å². The molecular formula is C10H21N5O6. The Morgan fingerprint density at radius 1 is 1.33 bits per heavy atom. The van der Waals surface area contributed by atoms with Crippen LogP contribution >= 0.6 is 0 Å². The number of aliphatic hydroxyl groups excluding tert-OH is 3. The van der Waals surface area contributed by atoms with Crippen molar-refractivity contribution in [2.45, 2.75) is 42.9 Å². The van der Waals surface area contributed by atoms with Crippen LogP contribution in [-0.4, -0.2) is 87.9 Å². The fourth-order valence-corrected chi connectivity index (χ4v) is 2.94. The van der Waals surface area contributed by atoms with Crippen molar-refractivity contribution in [2.75, 3.05) is 13.3 Å². The fraction of sp³-hybridized carbons (Fsp3) is 0.900. The molecule has 0 saturated carbocycles. The molecule has 7 atom stereocenters. The van der Waals surface area contributed by atoms with E-state index in [0.29, 0.717) is 6.67 Å². The van der Waals surface area contributed by atoms with Crippen LogP contribution in [-0.2, 0) is 4.74 Å². The van der Waals surface area contributed by atoms with E-state index in [-0.39, 0.29) is 11.5 Å². The van der Waals surface area contributed by atoms with Crippen LogP contribution in [0.1, 0.15) is 0 Å². The van der Waals surface area contributed by atoms with Crippen LogP contribution in [0.25, 0.3) is 0 Å². The number of rotatable bonds is 2. The molecule has 2 amide bonds. The van der Waals surface area contributed by atoms with Gasteiger partial charge in [-0.2, -0.15) is 0 Å². The lowest BCUT2D eigenvalue weighted by Crippen LogP contribution is -2.70. The van der Waals surface area contributed by atoms with Gasteiger partial charge in [0.1, 0.15) is 30.7 Å². The van der Waals surface area contributed by atoms with Crippen LogP contribution < -0.4 is 21.7 Å². The summed E-state index contributed by atoms with van der Waals surface area (Å²) in [6, 6.07) is -0.645. The Labute approximate surface area is 120 Å². The third-order valence-corrected chi connectivity index (χ3v) is 4.01. The molecule has 3 heterocycles. The summed E-state index contributed by atoms with van der Waals surface area (Å²) in [4.78, 5) is 13.2. The number of carbonyl (C=O) groups is 1. The summed E-state index contributed by atoms with van der Waals surface area (Å²) in [5, 5.41) is 37.3. The molecule has 0 aromatic rings. The first-order chi connectivity index (χ1) is 9.52. The maximum atomic E-state index is 11.5. The summed E-state index contributed by atoms with van der Waals surface area (Å²) in [6.07, 6.45) is -5.03. The Kier molecular flexibility index (Phi) is 4.65. The van der Waals surface area contributed by atoms with Gasteiger partial charge < -0.3 is 41.9 Å². The van der Waals surface area contributed by atoms with Gasteiger partial charge in [-0.3, -0.25) is 5.32 Å². The number of nitrogens with two attached hydrogens (primary N) is 1. The Morgan fingerprint density at radius 2 is 2.05 bits per heavy atom. The Bertz CT molecular complexity index is 400. The number of carbonyl (C=O) groups excluding carboxylic acids is 1. The van der Waals surface area contributed by atoms with Gasteiger partial charge >= 0.3 is 6.03 Å². The van der Waals surface area contributed by atoms with Gasteiger partial charge in [-0.05, 0) is 0 Å². The highest BCUT2D eigenvalue weighted by Crippen LogP contribution is 2.28. The average molecular weight is 307 g/mol. The number of ether oxygens (including phenoxy) is 1. The normalized spacial score (nSPS) is 46.5. The van der Waals surface area contributed by atoms with Crippen molar-refractivity contribution in [1.29, 1.82) is 0 Å². The number of amides is 2. The topological polar surface area (TPSA) is 184 Å². The van der Waals surface area contributed by atoms with Crippen molar-refractivity contribution < 1.29 is 30.3 Å². The first-order valence-electron chi connectivity index (χ1n) is 6.47. The molecule has 0 bridgehead atoms. The number of nitrogens with one attached hydrogen (secondary N) is 3. The molecule has 7 unspecified atom stereocenters. The summed E-state index contributed by atoms with van der Waals surface area (Å²) in [5.74, 6) is 0. The van der Waals surface area contributed by atoms with Gasteiger partial charge in [0.25, 0.3) is 0 Å². The van der Waals surface area contributed by atoms with E-state index < -0.39 is 49.5 Å². The molecule has 0 aromatic heterocycles. The molecule has 122 valence electrons. The lowest BCUT2D eigenvalue weighted by Gasteiger charge is -2.38. The lowest BCUT2D eigenvalue weighted by atomic mass is 10.1. The minimum Gasteiger partial charge on any atom is -0.412 e. The first kappa shape index (κ1) is 16.3. The predicted octanol–water partition coefficient (Wildman–Crippen LogP) is -5.24. The second kappa shape index (κ2) is 5.98. The summed E-state index contributed by atoms with van der Waals surface area (Å²) in [6.45, 7) is -0.0604. The number of fused-ring (bicyclic) bond motifs is 1. The van der Waals surface area contributed by atoms with Gasteiger partial charge in [0.15, 0.2) is 0 Å². The zero-order valence-corrected chi connectivity index (χ0v) is 11.1. The molecule has 3 aliphatic rings. The molecule has 0 spiro atoms. The van der Waals surface area contributed by atoms with E-state index in [4.69, 9.17) is 15.6 Å². The third kappa shape index (κ3) is 2.58. The number of hydrogen-bond donors (Lipinski definition) is 7. The third-order valence-electron chi connectivity index (χ3n) is 4.01.